The molecule has 0 saturated carbocycles. The molecule has 3 rings (SSSR count). The molecular weight excluding hydrogens is 354 g/mol. The number of nitrogens with two attached hydrogens (primary N) is 1. The minimum absolute atomic E-state index is 0.197. The minimum atomic E-state index is 0.197. The summed E-state index contributed by atoms with van der Waals surface area (Å²) in [5, 5.41) is 2.45. The number of benzene rings is 3. The second kappa shape index (κ2) is 10.3. The molecule has 2 N–H and O–H groups in total. The Morgan fingerprint density at radius 2 is 1.31 bits per heavy atom. The van der Waals surface area contributed by atoms with E-state index in [2.05, 4.69) is 112 Å². The molecule has 0 aromatic heterocycles. The van der Waals surface area contributed by atoms with Gasteiger partial charge in [0.2, 0.25) is 0 Å². The third kappa shape index (κ3) is 6.20. The van der Waals surface area contributed by atoms with E-state index in [1.807, 2.05) is 0 Å². The van der Waals surface area contributed by atoms with Crippen LogP contribution in [0.1, 0.15) is 61.4 Å². The SMILES string of the molecule is Cc1ccc([C@H](CC[NH2+][C@@H](C)c2ccccc2)c2ccc(OC(C)C)cc2)cc1. The predicted octanol–water partition coefficient (Wildman–Crippen LogP) is 5.63. The van der Waals surface area contributed by atoms with E-state index in [1.54, 1.807) is 0 Å². The normalized spacial score (nSPS) is 13.3. The van der Waals surface area contributed by atoms with Gasteiger partial charge >= 0.3 is 0 Å². The van der Waals surface area contributed by atoms with Crippen LogP contribution in [0.5, 0.6) is 5.75 Å². The summed E-state index contributed by atoms with van der Waals surface area (Å²) in [6.07, 6.45) is 1.30. The van der Waals surface area contributed by atoms with Crippen molar-refractivity contribution in [1.82, 2.24) is 0 Å². The molecule has 0 aliphatic heterocycles. The fourth-order valence-electron chi connectivity index (χ4n) is 3.78. The van der Waals surface area contributed by atoms with Crippen molar-refractivity contribution in [2.45, 2.75) is 52.2 Å². The molecule has 2 heteroatoms. The first-order chi connectivity index (χ1) is 14.0. The molecule has 0 bridgehead atoms. The van der Waals surface area contributed by atoms with E-state index in [4.69, 9.17) is 4.74 Å². The summed E-state index contributed by atoms with van der Waals surface area (Å²) < 4.78 is 5.83. The van der Waals surface area contributed by atoms with Crippen molar-refractivity contribution < 1.29 is 10.1 Å². The van der Waals surface area contributed by atoms with Crippen LogP contribution in [0.25, 0.3) is 0 Å². The third-order valence-corrected chi connectivity index (χ3v) is 5.43. The van der Waals surface area contributed by atoms with Crippen LogP contribution in [-0.2, 0) is 0 Å². The van der Waals surface area contributed by atoms with Gasteiger partial charge in [0.05, 0.1) is 12.6 Å². The van der Waals surface area contributed by atoms with Crippen molar-refractivity contribution in [2.24, 2.45) is 0 Å². The summed E-state index contributed by atoms with van der Waals surface area (Å²) in [6, 6.07) is 28.9. The highest BCUT2D eigenvalue weighted by molar-refractivity contribution is 5.37. The smallest absolute Gasteiger partial charge is 0.119 e. The van der Waals surface area contributed by atoms with E-state index in [0.29, 0.717) is 12.0 Å². The number of aryl methyl sites for hydroxylation is 1. The number of ether oxygens (including phenoxy) is 1. The molecule has 2 atom stereocenters. The highest BCUT2D eigenvalue weighted by Crippen LogP contribution is 2.29. The van der Waals surface area contributed by atoms with Gasteiger partial charge in [0.25, 0.3) is 0 Å². The van der Waals surface area contributed by atoms with Gasteiger partial charge in [-0.25, -0.2) is 0 Å². The van der Waals surface area contributed by atoms with E-state index < -0.39 is 0 Å². The van der Waals surface area contributed by atoms with Gasteiger partial charge in [0.1, 0.15) is 11.8 Å². The molecule has 0 amide bonds. The lowest BCUT2D eigenvalue weighted by molar-refractivity contribution is -0.693. The maximum atomic E-state index is 5.83. The van der Waals surface area contributed by atoms with E-state index in [0.717, 1.165) is 18.7 Å². The molecule has 152 valence electrons. The highest BCUT2D eigenvalue weighted by atomic mass is 16.5. The summed E-state index contributed by atoms with van der Waals surface area (Å²) in [7, 11) is 0. The lowest BCUT2D eigenvalue weighted by atomic mass is 9.88. The first kappa shape index (κ1) is 21.1. The second-order valence-corrected chi connectivity index (χ2v) is 8.21. The maximum absolute atomic E-state index is 5.83. The molecule has 0 spiro atoms. The van der Waals surface area contributed by atoms with Crippen LogP contribution in [0, 0.1) is 6.92 Å². The molecule has 0 fully saturated rings. The second-order valence-electron chi connectivity index (χ2n) is 8.21. The first-order valence-electron chi connectivity index (χ1n) is 10.7. The van der Waals surface area contributed by atoms with Crippen LogP contribution in [0.3, 0.4) is 0 Å². The lowest BCUT2D eigenvalue weighted by Gasteiger charge is -2.20. The Balaban J connectivity index is 1.72. The summed E-state index contributed by atoms with van der Waals surface area (Å²) in [5.41, 5.74) is 5.42. The molecular formula is C27H34NO+. The van der Waals surface area contributed by atoms with Gasteiger partial charge in [-0.1, -0.05) is 72.3 Å². The predicted molar refractivity (Wildman–Crippen MR) is 121 cm³/mol. The van der Waals surface area contributed by atoms with Gasteiger partial charge in [-0.05, 0) is 51.0 Å². The Hall–Kier alpha value is -2.58. The van der Waals surface area contributed by atoms with Crippen molar-refractivity contribution in [3.05, 3.63) is 101 Å². The number of hydrogen-bond donors (Lipinski definition) is 1. The fourth-order valence-corrected chi connectivity index (χ4v) is 3.78. The molecule has 3 aromatic rings. The van der Waals surface area contributed by atoms with Gasteiger partial charge in [0, 0.05) is 17.9 Å². The molecule has 0 aliphatic carbocycles. The van der Waals surface area contributed by atoms with Gasteiger partial charge < -0.3 is 10.1 Å². The molecule has 2 nitrogen and oxygen atoms in total. The highest BCUT2D eigenvalue weighted by Gasteiger charge is 2.17. The Labute approximate surface area is 175 Å². The molecule has 0 unspecified atom stereocenters. The van der Waals surface area contributed by atoms with Gasteiger partial charge in [-0.15, -0.1) is 0 Å². The van der Waals surface area contributed by atoms with Crippen LogP contribution in [0.4, 0.5) is 0 Å². The van der Waals surface area contributed by atoms with Gasteiger partial charge in [-0.3, -0.25) is 0 Å². The summed E-state index contributed by atoms with van der Waals surface area (Å²) in [6.45, 7) is 9.64. The topological polar surface area (TPSA) is 25.8 Å². The minimum Gasteiger partial charge on any atom is -0.491 e. The molecule has 29 heavy (non-hydrogen) atoms. The monoisotopic (exact) mass is 388 g/mol. The van der Waals surface area contributed by atoms with Crippen LogP contribution in [0.15, 0.2) is 78.9 Å². The van der Waals surface area contributed by atoms with E-state index in [1.165, 1.54) is 22.3 Å². The van der Waals surface area contributed by atoms with Gasteiger partial charge in [0.15, 0.2) is 0 Å². The summed E-state index contributed by atoms with van der Waals surface area (Å²) in [5.74, 6) is 1.33. The van der Waals surface area contributed by atoms with Crippen LogP contribution >= 0.6 is 0 Å². The zero-order valence-corrected chi connectivity index (χ0v) is 18.1. The van der Waals surface area contributed by atoms with Crippen LogP contribution < -0.4 is 10.1 Å². The third-order valence-electron chi connectivity index (χ3n) is 5.43. The quantitative estimate of drug-likeness (QED) is 0.505. The zero-order valence-electron chi connectivity index (χ0n) is 18.1. The lowest BCUT2D eigenvalue weighted by Crippen LogP contribution is -2.84. The van der Waals surface area contributed by atoms with Crippen molar-refractivity contribution in [2.75, 3.05) is 6.54 Å². The Morgan fingerprint density at radius 3 is 1.90 bits per heavy atom. The molecule has 3 aromatic carbocycles. The van der Waals surface area contributed by atoms with E-state index in [9.17, 15) is 0 Å². The maximum Gasteiger partial charge on any atom is 0.119 e. The van der Waals surface area contributed by atoms with Gasteiger partial charge in [-0.2, -0.15) is 0 Å². The first-order valence-corrected chi connectivity index (χ1v) is 10.7. The largest absolute Gasteiger partial charge is 0.491 e. The standard InChI is InChI=1S/C27H33NO/c1-20(2)29-26-16-14-25(15-17-26)27(24-12-10-21(3)11-13-24)18-19-28-22(4)23-8-6-5-7-9-23/h5-17,20,22,27-28H,18-19H2,1-4H3/p+1/t22-,27-/m0/s1. The van der Waals surface area contributed by atoms with Crippen molar-refractivity contribution >= 4 is 0 Å². The zero-order chi connectivity index (χ0) is 20.6. The fraction of sp³-hybridized carbons (Fsp3) is 0.333. The summed E-state index contributed by atoms with van der Waals surface area (Å²) in [4.78, 5) is 0. The van der Waals surface area contributed by atoms with Crippen LogP contribution in [-0.4, -0.2) is 12.6 Å². The molecule has 0 saturated heterocycles. The van der Waals surface area contributed by atoms with E-state index in [-0.39, 0.29) is 6.10 Å². The van der Waals surface area contributed by atoms with Crippen molar-refractivity contribution in [3.8, 4) is 5.75 Å². The average molecular weight is 389 g/mol. The average Bonchev–Trinajstić information content (AvgIpc) is 2.73. The van der Waals surface area contributed by atoms with E-state index >= 15 is 0 Å². The van der Waals surface area contributed by atoms with Crippen molar-refractivity contribution in [1.29, 1.82) is 0 Å². The number of quaternary nitrogens is 1. The number of rotatable bonds is 9. The van der Waals surface area contributed by atoms with Crippen LogP contribution in [0.2, 0.25) is 0 Å². The molecule has 0 heterocycles. The Kier molecular flexibility index (Phi) is 7.48. The summed E-state index contributed by atoms with van der Waals surface area (Å²) >= 11 is 0. The Bertz CT molecular complexity index is 853. The number of hydrogen-bond acceptors (Lipinski definition) is 1. The Morgan fingerprint density at radius 1 is 0.724 bits per heavy atom. The molecule has 0 aliphatic rings. The van der Waals surface area contributed by atoms with Crippen molar-refractivity contribution in [3.63, 3.8) is 0 Å². The molecule has 0 radical (unpaired) electrons.